The number of nitro benzene ring substituents is 1. The van der Waals surface area contributed by atoms with Crippen LogP contribution in [0.2, 0.25) is 0 Å². The third-order valence-corrected chi connectivity index (χ3v) is 4.79. The normalized spacial score (nSPS) is 11.7. The van der Waals surface area contributed by atoms with Crippen LogP contribution in [0.4, 0.5) is 11.4 Å². The van der Waals surface area contributed by atoms with Crippen molar-refractivity contribution in [1.82, 2.24) is 9.03 Å². The zero-order chi connectivity index (χ0) is 20.2. The van der Waals surface area contributed by atoms with Gasteiger partial charge in [-0.25, -0.2) is 4.72 Å². The number of hydrogen-bond acceptors (Lipinski definition) is 7. The van der Waals surface area contributed by atoms with Crippen molar-refractivity contribution in [2.24, 2.45) is 4.99 Å². The molecule has 0 atom stereocenters. The number of nitrogens with zero attached hydrogens (tertiary/aromatic N) is 3. The molecular weight excluding hydrogens is 376 g/mol. The SMILES string of the molecule is CN(C)S(=O)(=O)NC(=O)c1cccc(/N=C/c2cc([N+](=O)[O-])ccc2O)c1. The maximum Gasteiger partial charge on any atom is 0.303 e. The number of nitrogens with one attached hydrogen (secondary N) is 1. The summed E-state index contributed by atoms with van der Waals surface area (Å²) in [6.45, 7) is 0. The Morgan fingerprint density at radius 3 is 2.59 bits per heavy atom. The van der Waals surface area contributed by atoms with Crippen molar-refractivity contribution in [3.8, 4) is 5.75 Å². The second-order valence-corrected chi connectivity index (χ2v) is 7.41. The van der Waals surface area contributed by atoms with Gasteiger partial charge in [0.15, 0.2) is 0 Å². The molecule has 27 heavy (non-hydrogen) atoms. The highest BCUT2D eigenvalue weighted by molar-refractivity contribution is 7.87. The number of rotatable bonds is 6. The summed E-state index contributed by atoms with van der Waals surface area (Å²) in [5, 5.41) is 20.6. The van der Waals surface area contributed by atoms with Crippen molar-refractivity contribution in [1.29, 1.82) is 0 Å². The second kappa shape index (κ2) is 7.93. The highest BCUT2D eigenvalue weighted by Crippen LogP contribution is 2.22. The number of hydrogen-bond donors (Lipinski definition) is 2. The number of amides is 1. The summed E-state index contributed by atoms with van der Waals surface area (Å²) < 4.78 is 26.2. The molecule has 0 fully saturated rings. The number of nitro groups is 1. The molecule has 0 heterocycles. The topological polar surface area (TPSA) is 142 Å². The molecule has 0 bridgehead atoms. The van der Waals surface area contributed by atoms with Crippen molar-refractivity contribution in [3.05, 3.63) is 63.7 Å². The van der Waals surface area contributed by atoms with Crippen LogP contribution in [0.25, 0.3) is 0 Å². The van der Waals surface area contributed by atoms with Gasteiger partial charge < -0.3 is 5.11 Å². The Kier molecular flexibility index (Phi) is 5.88. The van der Waals surface area contributed by atoms with Crippen LogP contribution in [-0.2, 0) is 10.2 Å². The van der Waals surface area contributed by atoms with Gasteiger partial charge in [-0.05, 0) is 24.3 Å². The first kappa shape index (κ1) is 20.0. The predicted octanol–water partition coefficient (Wildman–Crippen LogP) is 1.59. The van der Waals surface area contributed by atoms with E-state index in [2.05, 4.69) is 4.99 Å². The van der Waals surface area contributed by atoms with Gasteiger partial charge in [0, 0.05) is 43.6 Å². The van der Waals surface area contributed by atoms with E-state index < -0.39 is 21.0 Å². The molecule has 2 aromatic carbocycles. The maximum atomic E-state index is 12.1. The molecule has 2 N–H and O–H groups in total. The fourth-order valence-electron chi connectivity index (χ4n) is 1.90. The van der Waals surface area contributed by atoms with Gasteiger partial charge in [0.05, 0.1) is 10.6 Å². The van der Waals surface area contributed by atoms with Gasteiger partial charge in [0.1, 0.15) is 5.75 Å². The van der Waals surface area contributed by atoms with Gasteiger partial charge in [0.25, 0.3) is 11.6 Å². The lowest BCUT2D eigenvalue weighted by Crippen LogP contribution is -2.39. The van der Waals surface area contributed by atoms with Gasteiger partial charge in [-0.2, -0.15) is 12.7 Å². The molecule has 0 spiro atoms. The summed E-state index contributed by atoms with van der Waals surface area (Å²) >= 11 is 0. The minimum Gasteiger partial charge on any atom is -0.507 e. The summed E-state index contributed by atoms with van der Waals surface area (Å²) in [4.78, 5) is 26.3. The third kappa shape index (κ3) is 5.09. The fraction of sp³-hybridized carbons (Fsp3) is 0.125. The molecule has 0 radical (unpaired) electrons. The predicted molar refractivity (Wildman–Crippen MR) is 98.5 cm³/mol. The summed E-state index contributed by atoms with van der Waals surface area (Å²) in [5.41, 5.74) is 0.250. The van der Waals surface area contributed by atoms with Crippen LogP contribution in [0.1, 0.15) is 15.9 Å². The summed E-state index contributed by atoms with van der Waals surface area (Å²) in [7, 11) is -1.37. The number of carbonyl (C=O) groups excluding carboxylic acids is 1. The van der Waals surface area contributed by atoms with E-state index in [1.54, 1.807) is 6.07 Å². The van der Waals surface area contributed by atoms with E-state index in [4.69, 9.17) is 0 Å². The van der Waals surface area contributed by atoms with E-state index in [1.807, 2.05) is 4.72 Å². The lowest BCUT2D eigenvalue weighted by Gasteiger charge is -2.12. The Morgan fingerprint density at radius 2 is 1.96 bits per heavy atom. The summed E-state index contributed by atoms with van der Waals surface area (Å²) in [6, 6.07) is 9.27. The zero-order valence-corrected chi connectivity index (χ0v) is 15.2. The minimum absolute atomic E-state index is 0.0540. The Hall–Kier alpha value is -3.31. The molecule has 1 amide bonds. The van der Waals surface area contributed by atoms with Crippen molar-refractivity contribution in [2.45, 2.75) is 0 Å². The first-order chi connectivity index (χ1) is 12.6. The number of phenols is 1. The number of phenolic OH excluding ortho intramolecular Hbond substituents is 1. The number of benzene rings is 2. The Morgan fingerprint density at radius 1 is 1.26 bits per heavy atom. The quantitative estimate of drug-likeness (QED) is 0.434. The second-order valence-electron chi connectivity index (χ2n) is 5.53. The summed E-state index contributed by atoms with van der Waals surface area (Å²) in [5.74, 6) is -1.03. The maximum absolute atomic E-state index is 12.1. The van der Waals surface area contributed by atoms with Crippen LogP contribution in [-0.4, -0.2) is 49.0 Å². The smallest absolute Gasteiger partial charge is 0.303 e. The van der Waals surface area contributed by atoms with Crippen molar-refractivity contribution in [2.75, 3.05) is 14.1 Å². The number of non-ortho nitro benzene ring substituents is 1. The number of carbonyl (C=O) groups is 1. The lowest BCUT2D eigenvalue weighted by molar-refractivity contribution is -0.384. The standard InChI is InChI=1S/C16H16N4O6S/c1-19(2)27(25,26)18-16(22)11-4-3-5-13(8-11)17-10-12-9-14(20(23)24)6-7-15(12)21/h3-10,21H,1-2H3,(H,18,22)/b17-10+. The molecular formula is C16H16N4O6S. The molecule has 10 nitrogen and oxygen atoms in total. The van der Waals surface area contributed by atoms with Crippen molar-refractivity contribution in [3.63, 3.8) is 0 Å². The molecule has 11 heteroatoms. The first-order valence-corrected chi connectivity index (χ1v) is 8.90. The van der Waals surface area contributed by atoms with Gasteiger partial charge in [-0.1, -0.05) is 6.07 Å². The molecule has 2 rings (SSSR count). The first-order valence-electron chi connectivity index (χ1n) is 7.46. The minimum atomic E-state index is -3.93. The van der Waals surface area contributed by atoms with E-state index in [0.29, 0.717) is 0 Å². The number of aromatic hydroxyl groups is 1. The monoisotopic (exact) mass is 392 g/mol. The summed E-state index contributed by atoms with van der Waals surface area (Å²) in [6.07, 6.45) is 1.20. The zero-order valence-electron chi connectivity index (χ0n) is 14.4. The molecule has 0 unspecified atom stereocenters. The van der Waals surface area contributed by atoms with E-state index in [-0.39, 0.29) is 28.3 Å². The van der Waals surface area contributed by atoms with Crippen LogP contribution in [0.5, 0.6) is 5.75 Å². The van der Waals surface area contributed by atoms with E-state index in [0.717, 1.165) is 16.4 Å². The van der Waals surface area contributed by atoms with Gasteiger partial charge in [-0.15, -0.1) is 0 Å². The van der Waals surface area contributed by atoms with Crippen molar-refractivity contribution >= 4 is 33.7 Å². The molecule has 0 aliphatic rings. The Bertz CT molecular complexity index is 1020. The highest BCUT2D eigenvalue weighted by Gasteiger charge is 2.18. The van der Waals surface area contributed by atoms with Crippen LogP contribution in [0.3, 0.4) is 0 Å². The fourth-order valence-corrected chi connectivity index (χ4v) is 2.43. The molecule has 0 aliphatic carbocycles. The molecule has 0 aliphatic heterocycles. The largest absolute Gasteiger partial charge is 0.507 e. The third-order valence-electron chi connectivity index (χ3n) is 3.39. The Labute approximate surface area is 155 Å². The molecule has 0 saturated heterocycles. The average molecular weight is 392 g/mol. The Balaban J connectivity index is 2.26. The van der Waals surface area contributed by atoms with Crippen LogP contribution < -0.4 is 4.72 Å². The molecule has 0 saturated carbocycles. The van der Waals surface area contributed by atoms with Crippen LogP contribution >= 0.6 is 0 Å². The van der Waals surface area contributed by atoms with E-state index in [9.17, 15) is 28.4 Å². The highest BCUT2D eigenvalue weighted by atomic mass is 32.2. The van der Waals surface area contributed by atoms with Crippen LogP contribution in [0.15, 0.2) is 47.5 Å². The van der Waals surface area contributed by atoms with Crippen molar-refractivity contribution < 1.29 is 23.2 Å². The molecule has 142 valence electrons. The lowest BCUT2D eigenvalue weighted by atomic mass is 10.2. The van der Waals surface area contributed by atoms with Crippen LogP contribution in [0, 0.1) is 10.1 Å². The molecule has 0 aromatic heterocycles. The van der Waals surface area contributed by atoms with E-state index in [1.165, 1.54) is 44.6 Å². The van der Waals surface area contributed by atoms with Gasteiger partial charge in [-0.3, -0.25) is 19.9 Å². The van der Waals surface area contributed by atoms with Gasteiger partial charge in [0.2, 0.25) is 0 Å². The van der Waals surface area contributed by atoms with E-state index >= 15 is 0 Å². The van der Waals surface area contributed by atoms with Gasteiger partial charge >= 0.3 is 10.2 Å². The number of aliphatic imine (C=N–C) groups is 1. The average Bonchev–Trinajstić information content (AvgIpc) is 2.60. The molecule has 2 aromatic rings.